The van der Waals surface area contributed by atoms with Crippen LogP contribution in [0.1, 0.15) is 45.4 Å². The number of H-pyrrole nitrogens is 1. The third-order valence-electron chi connectivity index (χ3n) is 4.88. The number of piperidine rings is 1. The van der Waals surface area contributed by atoms with Gasteiger partial charge in [0.1, 0.15) is 17.6 Å². The van der Waals surface area contributed by atoms with Gasteiger partial charge in [-0.2, -0.15) is 0 Å². The van der Waals surface area contributed by atoms with Crippen molar-refractivity contribution in [3.8, 4) is 11.3 Å². The molecule has 6 heteroatoms. The Morgan fingerprint density at radius 1 is 1.26 bits per heavy atom. The molecule has 0 radical (unpaired) electrons. The molecule has 142 valence electrons. The molecular formula is C21H25N3O3. The van der Waals surface area contributed by atoms with Crippen LogP contribution in [0.25, 0.3) is 22.2 Å². The van der Waals surface area contributed by atoms with E-state index >= 15 is 0 Å². The smallest absolute Gasteiger partial charge is 0.410 e. The first-order valence-electron chi connectivity index (χ1n) is 9.40. The molecule has 0 unspecified atom stereocenters. The molecule has 1 fully saturated rings. The lowest BCUT2D eigenvalue weighted by Crippen LogP contribution is -2.41. The van der Waals surface area contributed by atoms with Crippen LogP contribution < -0.4 is 0 Å². The average molecular weight is 367 g/mol. The summed E-state index contributed by atoms with van der Waals surface area (Å²) < 4.78 is 11.3. The molecule has 1 saturated heterocycles. The standard InChI is InChI=1S/C21H25N3O3/c1-21(2,3)27-20(25)24-10-8-14(9-11-24)19-23-18(13-26-19)16-12-22-17-7-5-4-6-15(16)17/h4-7,12-14,22H,8-11H2,1-3H3. The highest BCUT2D eigenvalue weighted by Gasteiger charge is 2.29. The molecule has 1 aliphatic rings. The molecule has 0 bridgehead atoms. The SMILES string of the molecule is CC(C)(C)OC(=O)N1CCC(c2nc(-c3c[nH]c4ccccc34)co2)CC1. The zero-order valence-corrected chi connectivity index (χ0v) is 16.0. The highest BCUT2D eigenvalue weighted by Crippen LogP contribution is 2.32. The summed E-state index contributed by atoms with van der Waals surface area (Å²) in [6, 6.07) is 8.16. The maximum absolute atomic E-state index is 12.2. The molecule has 1 amide bonds. The van der Waals surface area contributed by atoms with Gasteiger partial charge in [0.2, 0.25) is 0 Å². The molecule has 1 N–H and O–H groups in total. The van der Waals surface area contributed by atoms with Crippen molar-refractivity contribution >= 4 is 17.0 Å². The predicted molar refractivity (Wildman–Crippen MR) is 104 cm³/mol. The van der Waals surface area contributed by atoms with Crippen LogP contribution in [-0.2, 0) is 4.74 Å². The van der Waals surface area contributed by atoms with Crippen LogP contribution in [0.2, 0.25) is 0 Å². The Balaban J connectivity index is 1.44. The summed E-state index contributed by atoms with van der Waals surface area (Å²) in [7, 11) is 0. The number of carbonyl (C=O) groups excluding carboxylic acids is 1. The Kier molecular flexibility index (Phi) is 4.42. The van der Waals surface area contributed by atoms with E-state index in [0.717, 1.165) is 40.9 Å². The summed E-state index contributed by atoms with van der Waals surface area (Å²) in [6.45, 7) is 6.97. The highest BCUT2D eigenvalue weighted by atomic mass is 16.6. The summed E-state index contributed by atoms with van der Waals surface area (Å²) in [4.78, 5) is 22.0. The number of ether oxygens (including phenoxy) is 1. The van der Waals surface area contributed by atoms with E-state index in [4.69, 9.17) is 14.1 Å². The molecule has 6 nitrogen and oxygen atoms in total. The molecule has 3 heterocycles. The number of aromatic amines is 1. The topological polar surface area (TPSA) is 71.4 Å². The molecule has 0 aliphatic carbocycles. The quantitative estimate of drug-likeness (QED) is 0.696. The van der Waals surface area contributed by atoms with Gasteiger partial charge in [-0.3, -0.25) is 0 Å². The summed E-state index contributed by atoms with van der Waals surface area (Å²) in [5.41, 5.74) is 2.51. The minimum absolute atomic E-state index is 0.225. The number of benzene rings is 1. The van der Waals surface area contributed by atoms with Crippen LogP contribution in [0.4, 0.5) is 4.79 Å². The molecule has 1 aromatic carbocycles. The average Bonchev–Trinajstić information content (AvgIpc) is 3.27. The van der Waals surface area contributed by atoms with E-state index in [-0.39, 0.29) is 12.0 Å². The van der Waals surface area contributed by atoms with Crippen molar-refractivity contribution in [3.63, 3.8) is 0 Å². The maximum atomic E-state index is 12.2. The third-order valence-corrected chi connectivity index (χ3v) is 4.88. The number of oxazole rings is 1. The fourth-order valence-electron chi connectivity index (χ4n) is 3.52. The third kappa shape index (κ3) is 3.70. The number of aromatic nitrogens is 2. The monoisotopic (exact) mass is 367 g/mol. The van der Waals surface area contributed by atoms with Crippen molar-refractivity contribution in [3.05, 3.63) is 42.6 Å². The lowest BCUT2D eigenvalue weighted by atomic mass is 9.97. The van der Waals surface area contributed by atoms with E-state index in [9.17, 15) is 4.79 Å². The van der Waals surface area contributed by atoms with Crippen LogP contribution >= 0.6 is 0 Å². The second-order valence-electron chi connectivity index (χ2n) is 8.06. The van der Waals surface area contributed by atoms with Gasteiger partial charge in [-0.05, 0) is 39.7 Å². The second-order valence-corrected chi connectivity index (χ2v) is 8.06. The number of carbonyl (C=O) groups is 1. The number of nitrogens with zero attached hydrogens (tertiary/aromatic N) is 2. The molecule has 0 spiro atoms. The first-order valence-corrected chi connectivity index (χ1v) is 9.40. The van der Waals surface area contributed by atoms with Gasteiger partial charge < -0.3 is 19.0 Å². The zero-order valence-electron chi connectivity index (χ0n) is 16.0. The van der Waals surface area contributed by atoms with Gasteiger partial charge >= 0.3 is 6.09 Å². The molecular weight excluding hydrogens is 342 g/mol. The fourth-order valence-corrected chi connectivity index (χ4v) is 3.52. The second kappa shape index (κ2) is 6.76. The number of likely N-dealkylation sites (tertiary alicyclic amines) is 1. The molecule has 4 rings (SSSR count). The lowest BCUT2D eigenvalue weighted by Gasteiger charge is -2.32. The first kappa shape index (κ1) is 17.6. The number of hydrogen-bond donors (Lipinski definition) is 1. The van der Waals surface area contributed by atoms with Crippen LogP contribution in [0.3, 0.4) is 0 Å². The molecule has 1 aliphatic heterocycles. The molecule has 27 heavy (non-hydrogen) atoms. The maximum Gasteiger partial charge on any atom is 0.410 e. The fraction of sp³-hybridized carbons (Fsp3) is 0.429. The van der Waals surface area contributed by atoms with Gasteiger partial charge in [0.15, 0.2) is 5.89 Å². The minimum atomic E-state index is -0.468. The van der Waals surface area contributed by atoms with E-state index in [1.165, 1.54) is 0 Å². The van der Waals surface area contributed by atoms with Crippen LogP contribution in [-0.4, -0.2) is 39.7 Å². The number of hydrogen-bond acceptors (Lipinski definition) is 4. The van der Waals surface area contributed by atoms with Gasteiger partial charge in [-0.1, -0.05) is 18.2 Å². The minimum Gasteiger partial charge on any atom is -0.448 e. The number of amides is 1. The van der Waals surface area contributed by atoms with Gasteiger partial charge in [-0.25, -0.2) is 9.78 Å². The van der Waals surface area contributed by atoms with E-state index in [0.29, 0.717) is 13.1 Å². The summed E-state index contributed by atoms with van der Waals surface area (Å²) in [5, 5.41) is 1.14. The van der Waals surface area contributed by atoms with E-state index in [2.05, 4.69) is 11.1 Å². The van der Waals surface area contributed by atoms with Gasteiger partial charge in [0.05, 0.1) is 0 Å². The number of fused-ring (bicyclic) bond motifs is 1. The largest absolute Gasteiger partial charge is 0.448 e. The number of nitrogens with one attached hydrogen (secondary N) is 1. The van der Waals surface area contributed by atoms with Crippen molar-refractivity contribution in [2.24, 2.45) is 0 Å². The summed E-state index contributed by atoms with van der Waals surface area (Å²) in [5.74, 6) is 0.974. The Bertz CT molecular complexity index is 943. The van der Waals surface area contributed by atoms with Crippen LogP contribution in [0, 0.1) is 0 Å². The lowest BCUT2D eigenvalue weighted by molar-refractivity contribution is 0.0199. The summed E-state index contributed by atoms with van der Waals surface area (Å²) in [6.07, 6.45) is 5.11. The van der Waals surface area contributed by atoms with E-state index in [1.807, 2.05) is 45.2 Å². The van der Waals surface area contributed by atoms with Crippen LogP contribution in [0.15, 0.2) is 41.1 Å². The van der Waals surface area contributed by atoms with Crippen molar-refractivity contribution in [1.82, 2.24) is 14.9 Å². The summed E-state index contributed by atoms with van der Waals surface area (Å²) >= 11 is 0. The Hall–Kier alpha value is -2.76. The van der Waals surface area contributed by atoms with Gasteiger partial charge in [0, 0.05) is 41.7 Å². The van der Waals surface area contributed by atoms with E-state index in [1.54, 1.807) is 11.2 Å². The first-order chi connectivity index (χ1) is 12.9. The highest BCUT2D eigenvalue weighted by molar-refractivity contribution is 5.94. The predicted octanol–water partition coefficient (Wildman–Crippen LogP) is 4.94. The molecule has 0 saturated carbocycles. The van der Waals surface area contributed by atoms with Gasteiger partial charge in [0.25, 0.3) is 0 Å². The van der Waals surface area contributed by atoms with Gasteiger partial charge in [-0.15, -0.1) is 0 Å². The van der Waals surface area contributed by atoms with Crippen molar-refractivity contribution in [2.45, 2.75) is 45.1 Å². The van der Waals surface area contributed by atoms with Crippen molar-refractivity contribution in [2.75, 3.05) is 13.1 Å². The Labute approximate surface area is 158 Å². The Morgan fingerprint density at radius 2 is 2.00 bits per heavy atom. The number of rotatable bonds is 2. The molecule has 0 atom stereocenters. The van der Waals surface area contributed by atoms with Crippen molar-refractivity contribution < 1.29 is 13.9 Å². The van der Waals surface area contributed by atoms with E-state index < -0.39 is 5.60 Å². The number of para-hydroxylation sites is 1. The van der Waals surface area contributed by atoms with Crippen LogP contribution in [0.5, 0.6) is 0 Å². The Morgan fingerprint density at radius 3 is 2.74 bits per heavy atom. The normalized spacial score (nSPS) is 16.0. The zero-order chi connectivity index (χ0) is 19.0. The van der Waals surface area contributed by atoms with Crippen molar-refractivity contribution in [1.29, 1.82) is 0 Å². The molecule has 3 aromatic rings. The molecule has 2 aromatic heterocycles.